The van der Waals surface area contributed by atoms with Gasteiger partial charge in [0.2, 0.25) is 5.91 Å². The lowest BCUT2D eigenvalue weighted by molar-refractivity contribution is -0.141. The molecule has 2 unspecified atom stereocenters. The normalized spacial score (nSPS) is 12.8. The Morgan fingerprint density at radius 1 is 1.02 bits per heavy atom. The van der Waals surface area contributed by atoms with E-state index < -0.39 is 42.2 Å². The minimum Gasteiger partial charge on any atom is -0.508 e. The molecule has 0 heterocycles. The molecule has 0 bridgehead atoms. The minimum absolute atomic E-state index is 0.0771. The Morgan fingerprint density at radius 3 is 2.29 bits per heavy atom. The second kappa shape index (κ2) is 16.2. The summed E-state index contributed by atoms with van der Waals surface area (Å²) >= 11 is 6.39. The van der Waals surface area contributed by atoms with Crippen molar-refractivity contribution in [2.24, 2.45) is 0 Å². The Balaban J connectivity index is 2.49. The SMILES string of the molecule is CCCCCCCCN(C(=O)C(CO)NC(=O)OC(C)(C)C)C(C(=O)Nc1c(C)cccc1Cl)c1cccc(O)c1. The number of carbonyl (C=O) groups excluding carboxylic acids is 3. The van der Waals surface area contributed by atoms with Gasteiger partial charge in [-0.1, -0.05) is 74.9 Å². The summed E-state index contributed by atoms with van der Waals surface area (Å²) < 4.78 is 5.29. The van der Waals surface area contributed by atoms with Crippen molar-refractivity contribution >= 4 is 35.2 Å². The van der Waals surface area contributed by atoms with Crippen LogP contribution < -0.4 is 10.6 Å². The Labute approximate surface area is 248 Å². The van der Waals surface area contributed by atoms with Gasteiger partial charge in [-0.05, 0) is 63.4 Å². The standard InChI is InChI=1S/C31H44ClN3O6/c1-6-7-8-9-10-11-18-35(29(39)25(20-36)33-30(40)41-31(3,4)5)27(22-15-13-16-23(37)19-22)28(38)34-26-21(2)14-12-17-24(26)32/h12-17,19,25,27,36-37H,6-11,18,20H2,1-5H3,(H,33,40)(H,34,38). The fraction of sp³-hybridized carbons (Fsp3) is 0.516. The largest absolute Gasteiger partial charge is 0.508 e. The molecule has 0 spiro atoms. The van der Waals surface area contributed by atoms with Crippen molar-refractivity contribution in [2.45, 2.75) is 90.8 Å². The maximum Gasteiger partial charge on any atom is 0.408 e. The van der Waals surface area contributed by atoms with Crippen molar-refractivity contribution in [3.8, 4) is 5.75 Å². The molecule has 0 aromatic heterocycles. The zero-order valence-corrected chi connectivity index (χ0v) is 25.5. The summed E-state index contributed by atoms with van der Waals surface area (Å²) in [5, 5.41) is 26.0. The van der Waals surface area contributed by atoms with E-state index in [0.717, 1.165) is 37.7 Å². The predicted molar refractivity (Wildman–Crippen MR) is 161 cm³/mol. The number of aryl methyl sites for hydroxylation is 1. The minimum atomic E-state index is -1.36. The first kappa shape index (κ1) is 33.9. The fourth-order valence-electron chi connectivity index (χ4n) is 4.41. The number of aromatic hydroxyl groups is 1. The highest BCUT2D eigenvalue weighted by atomic mass is 35.5. The third kappa shape index (κ3) is 10.9. The van der Waals surface area contributed by atoms with Crippen LogP contribution in [0, 0.1) is 6.92 Å². The number of phenolic OH excluding ortho intramolecular Hbond substituents is 1. The van der Waals surface area contributed by atoms with Crippen molar-refractivity contribution in [3.05, 3.63) is 58.6 Å². The summed E-state index contributed by atoms with van der Waals surface area (Å²) in [4.78, 5) is 41.8. The van der Waals surface area contributed by atoms with Gasteiger partial charge in [0.15, 0.2) is 0 Å². The van der Waals surface area contributed by atoms with Crippen molar-refractivity contribution in [1.29, 1.82) is 0 Å². The molecule has 0 aliphatic rings. The number of nitrogens with one attached hydrogen (secondary N) is 2. The number of hydrogen-bond acceptors (Lipinski definition) is 6. The third-order valence-electron chi connectivity index (χ3n) is 6.42. The first-order valence-corrected chi connectivity index (χ1v) is 14.5. The van der Waals surface area contributed by atoms with Gasteiger partial charge in [0.1, 0.15) is 23.4 Å². The van der Waals surface area contributed by atoms with Crippen molar-refractivity contribution in [3.63, 3.8) is 0 Å². The van der Waals surface area contributed by atoms with Crippen LogP contribution >= 0.6 is 11.6 Å². The number of rotatable bonds is 14. The summed E-state index contributed by atoms with van der Waals surface area (Å²) in [6.45, 7) is 8.46. The Kier molecular flexibility index (Phi) is 13.4. The first-order valence-electron chi connectivity index (χ1n) is 14.1. The number of halogens is 1. The highest BCUT2D eigenvalue weighted by Gasteiger charge is 2.36. The van der Waals surface area contributed by atoms with Gasteiger partial charge < -0.3 is 30.5 Å². The lowest BCUT2D eigenvalue weighted by Crippen LogP contribution is -2.54. The van der Waals surface area contributed by atoms with Gasteiger partial charge in [0.25, 0.3) is 5.91 Å². The number of phenols is 1. The van der Waals surface area contributed by atoms with E-state index >= 15 is 0 Å². The molecule has 2 aromatic carbocycles. The first-order chi connectivity index (χ1) is 19.4. The van der Waals surface area contributed by atoms with Gasteiger partial charge >= 0.3 is 6.09 Å². The third-order valence-corrected chi connectivity index (χ3v) is 6.74. The molecule has 0 saturated heterocycles. The summed E-state index contributed by atoms with van der Waals surface area (Å²) in [6.07, 6.45) is 4.79. The summed E-state index contributed by atoms with van der Waals surface area (Å²) in [6, 6.07) is 8.77. The topological polar surface area (TPSA) is 128 Å². The van der Waals surface area contributed by atoms with Crippen LogP contribution in [0.4, 0.5) is 10.5 Å². The van der Waals surface area contributed by atoms with Gasteiger partial charge in [-0.15, -0.1) is 0 Å². The average Bonchev–Trinajstić information content (AvgIpc) is 2.89. The molecule has 2 rings (SSSR count). The Hall–Kier alpha value is -3.30. The van der Waals surface area contributed by atoms with Gasteiger partial charge in [-0.3, -0.25) is 9.59 Å². The zero-order valence-electron chi connectivity index (χ0n) is 24.7. The van der Waals surface area contributed by atoms with E-state index in [-0.39, 0.29) is 12.3 Å². The number of carbonyl (C=O) groups is 3. The van der Waals surface area contributed by atoms with Crippen molar-refractivity contribution in [2.75, 3.05) is 18.5 Å². The van der Waals surface area contributed by atoms with Gasteiger partial charge in [0.05, 0.1) is 17.3 Å². The van der Waals surface area contributed by atoms with E-state index in [1.165, 1.54) is 17.0 Å². The van der Waals surface area contributed by atoms with E-state index in [4.69, 9.17) is 16.3 Å². The fourth-order valence-corrected chi connectivity index (χ4v) is 4.68. The Bertz CT molecular complexity index is 1150. The molecule has 0 fully saturated rings. The number of ether oxygens (including phenoxy) is 1. The smallest absolute Gasteiger partial charge is 0.408 e. The number of alkyl carbamates (subject to hydrolysis) is 1. The van der Waals surface area contributed by atoms with Gasteiger partial charge in [-0.25, -0.2) is 4.79 Å². The highest BCUT2D eigenvalue weighted by Crippen LogP contribution is 2.30. The van der Waals surface area contributed by atoms with E-state index in [1.807, 2.05) is 0 Å². The van der Waals surface area contributed by atoms with Crippen LogP contribution in [-0.2, 0) is 14.3 Å². The van der Waals surface area contributed by atoms with Crippen LogP contribution in [-0.4, -0.2) is 57.8 Å². The van der Waals surface area contributed by atoms with E-state index in [2.05, 4.69) is 17.6 Å². The second-order valence-corrected chi connectivity index (χ2v) is 11.5. The highest BCUT2D eigenvalue weighted by molar-refractivity contribution is 6.34. The number of para-hydroxylation sites is 1. The molecule has 0 radical (unpaired) electrons. The van der Waals surface area contributed by atoms with Crippen LogP contribution in [0.15, 0.2) is 42.5 Å². The van der Waals surface area contributed by atoms with E-state index in [1.54, 1.807) is 58.0 Å². The van der Waals surface area contributed by atoms with Crippen LogP contribution in [0.25, 0.3) is 0 Å². The molecule has 4 N–H and O–H groups in total. The summed E-state index contributed by atoms with van der Waals surface area (Å²) in [5.74, 6) is -1.29. The van der Waals surface area contributed by atoms with Gasteiger partial charge in [0, 0.05) is 6.54 Å². The number of aliphatic hydroxyl groups is 1. The molecule has 0 aliphatic carbocycles. The molecule has 3 amide bonds. The van der Waals surface area contributed by atoms with E-state index in [9.17, 15) is 24.6 Å². The molecule has 10 heteroatoms. The number of aliphatic hydroxyl groups excluding tert-OH is 1. The average molecular weight is 590 g/mol. The number of nitrogens with zero attached hydrogens (tertiary/aromatic N) is 1. The molecular weight excluding hydrogens is 546 g/mol. The van der Waals surface area contributed by atoms with Gasteiger partial charge in [-0.2, -0.15) is 0 Å². The van der Waals surface area contributed by atoms with Crippen LogP contribution in [0.1, 0.15) is 83.4 Å². The van der Waals surface area contributed by atoms with E-state index in [0.29, 0.717) is 22.7 Å². The van der Waals surface area contributed by atoms with Crippen LogP contribution in [0.3, 0.4) is 0 Å². The number of benzene rings is 2. The molecule has 9 nitrogen and oxygen atoms in total. The second-order valence-electron chi connectivity index (χ2n) is 11.1. The maximum absolute atomic E-state index is 14.0. The number of amides is 3. The van der Waals surface area contributed by atoms with Crippen molar-refractivity contribution in [1.82, 2.24) is 10.2 Å². The molecular formula is C31H44ClN3O6. The number of anilines is 1. The quantitative estimate of drug-likeness (QED) is 0.197. The van der Waals surface area contributed by atoms with Crippen molar-refractivity contribution < 1.29 is 29.3 Å². The predicted octanol–water partition coefficient (Wildman–Crippen LogP) is 6.11. The lowest BCUT2D eigenvalue weighted by Gasteiger charge is -2.34. The summed E-state index contributed by atoms with van der Waals surface area (Å²) in [7, 11) is 0. The molecule has 0 saturated carbocycles. The molecule has 226 valence electrons. The zero-order chi connectivity index (χ0) is 30.6. The maximum atomic E-state index is 14.0. The molecule has 0 aliphatic heterocycles. The Morgan fingerprint density at radius 2 is 1.68 bits per heavy atom. The monoisotopic (exact) mass is 589 g/mol. The van der Waals surface area contributed by atoms with Crippen LogP contribution in [0.2, 0.25) is 5.02 Å². The molecule has 2 aromatic rings. The molecule has 2 atom stereocenters. The number of hydrogen-bond donors (Lipinski definition) is 4. The van der Waals surface area contributed by atoms with Crippen LogP contribution in [0.5, 0.6) is 5.75 Å². The summed E-state index contributed by atoms with van der Waals surface area (Å²) in [5.41, 5.74) is 0.679. The lowest BCUT2D eigenvalue weighted by atomic mass is 10.0. The number of unbranched alkanes of at least 4 members (excludes halogenated alkanes) is 5. The molecule has 41 heavy (non-hydrogen) atoms.